The molecule has 0 atom stereocenters. The highest BCUT2D eigenvalue weighted by Crippen LogP contribution is 2.14. The maximum atomic E-state index is 5.86. The van der Waals surface area contributed by atoms with Crippen molar-refractivity contribution in [3.05, 3.63) is 47.4 Å². The number of hydrogen-bond donors (Lipinski definition) is 1. The van der Waals surface area contributed by atoms with Crippen LogP contribution in [0, 0.1) is 0 Å². The van der Waals surface area contributed by atoms with Gasteiger partial charge in [-0.25, -0.2) is 9.97 Å². The Labute approximate surface area is 129 Å². The molecule has 110 valence electrons. The molecule has 0 radical (unpaired) electrons. The molecule has 0 aliphatic carbocycles. The van der Waals surface area contributed by atoms with Gasteiger partial charge in [-0.3, -0.25) is 5.43 Å². The van der Waals surface area contributed by atoms with E-state index in [1.807, 2.05) is 24.3 Å². The van der Waals surface area contributed by atoms with Gasteiger partial charge in [0, 0.05) is 12.4 Å². The first-order valence-corrected chi connectivity index (χ1v) is 7.16. The lowest BCUT2D eigenvalue weighted by Crippen LogP contribution is -1.97. The van der Waals surface area contributed by atoms with Gasteiger partial charge in [0.05, 0.1) is 12.8 Å². The van der Waals surface area contributed by atoms with E-state index < -0.39 is 0 Å². The van der Waals surface area contributed by atoms with Gasteiger partial charge in [-0.15, -0.1) is 0 Å². The average Bonchev–Trinajstić information content (AvgIpc) is 2.51. The number of aromatic nitrogens is 2. The highest BCUT2D eigenvalue weighted by atomic mass is 35.5. The number of rotatable bonds is 7. The molecule has 1 aromatic heterocycles. The SMILES string of the molecule is CCCCOc1ccc(C=NNc2nccnc2Cl)cc1. The molecule has 0 spiro atoms. The summed E-state index contributed by atoms with van der Waals surface area (Å²) in [4.78, 5) is 7.93. The number of halogens is 1. The Morgan fingerprint density at radius 3 is 2.71 bits per heavy atom. The van der Waals surface area contributed by atoms with Crippen LogP contribution in [-0.2, 0) is 0 Å². The Hall–Kier alpha value is -2.14. The summed E-state index contributed by atoms with van der Waals surface area (Å²) in [5.41, 5.74) is 3.70. The zero-order valence-electron chi connectivity index (χ0n) is 11.8. The van der Waals surface area contributed by atoms with E-state index in [1.165, 1.54) is 6.20 Å². The van der Waals surface area contributed by atoms with Gasteiger partial charge in [-0.05, 0) is 36.2 Å². The standard InChI is InChI=1S/C15H17ClN4O/c1-2-3-10-21-13-6-4-12(5-7-13)11-19-20-15-14(16)17-8-9-18-15/h4-9,11H,2-3,10H2,1H3,(H,18,20). The monoisotopic (exact) mass is 304 g/mol. The van der Waals surface area contributed by atoms with Crippen LogP contribution in [0.2, 0.25) is 5.15 Å². The van der Waals surface area contributed by atoms with Crippen molar-refractivity contribution in [2.24, 2.45) is 5.10 Å². The van der Waals surface area contributed by atoms with Crippen LogP contribution in [0.4, 0.5) is 5.82 Å². The normalized spacial score (nSPS) is 10.8. The third kappa shape index (κ3) is 5.04. The molecule has 0 aliphatic rings. The Bertz CT molecular complexity index is 586. The lowest BCUT2D eigenvalue weighted by molar-refractivity contribution is 0.309. The van der Waals surface area contributed by atoms with Crippen LogP contribution in [0.15, 0.2) is 41.8 Å². The predicted octanol–water partition coefficient (Wildman–Crippen LogP) is 3.75. The Balaban J connectivity index is 1.88. The molecule has 1 heterocycles. The molecule has 2 aromatic rings. The summed E-state index contributed by atoms with van der Waals surface area (Å²) in [5.74, 6) is 1.29. The molecule has 0 amide bonds. The average molecular weight is 305 g/mol. The first-order chi connectivity index (χ1) is 10.3. The molecule has 0 saturated carbocycles. The van der Waals surface area contributed by atoms with E-state index in [0.29, 0.717) is 5.82 Å². The summed E-state index contributed by atoms with van der Waals surface area (Å²) in [6.45, 7) is 2.88. The third-order valence-corrected chi connectivity index (χ3v) is 2.96. The number of nitrogens with one attached hydrogen (secondary N) is 1. The largest absolute Gasteiger partial charge is 0.494 e. The molecular weight excluding hydrogens is 288 g/mol. The van der Waals surface area contributed by atoms with Gasteiger partial charge in [0.25, 0.3) is 0 Å². The number of benzene rings is 1. The maximum Gasteiger partial charge on any atom is 0.184 e. The van der Waals surface area contributed by atoms with Crippen molar-refractivity contribution in [1.82, 2.24) is 9.97 Å². The van der Waals surface area contributed by atoms with E-state index in [1.54, 1.807) is 12.4 Å². The highest BCUT2D eigenvalue weighted by Gasteiger charge is 1.98. The number of hydrazone groups is 1. The minimum atomic E-state index is 0.286. The first-order valence-electron chi connectivity index (χ1n) is 6.78. The molecule has 1 aromatic carbocycles. The van der Waals surface area contributed by atoms with Crippen molar-refractivity contribution in [2.75, 3.05) is 12.0 Å². The highest BCUT2D eigenvalue weighted by molar-refractivity contribution is 6.31. The van der Waals surface area contributed by atoms with Crippen LogP contribution in [0.1, 0.15) is 25.3 Å². The van der Waals surface area contributed by atoms with E-state index in [2.05, 4.69) is 27.4 Å². The van der Waals surface area contributed by atoms with Gasteiger partial charge in [-0.2, -0.15) is 5.10 Å². The fraction of sp³-hybridized carbons (Fsp3) is 0.267. The van der Waals surface area contributed by atoms with E-state index in [0.717, 1.165) is 30.8 Å². The molecule has 6 heteroatoms. The van der Waals surface area contributed by atoms with Gasteiger partial charge in [0.2, 0.25) is 0 Å². The van der Waals surface area contributed by atoms with E-state index in [4.69, 9.17) is 16.3 Å². The van der Waals surface area contributed by atoms with Crippen LogP contribution in [0.25, 0.3) is 0 Å². The van der Waals surface area contributed by atoms with Crippen molar-refractivity contribution in [3.63, 3.8) is 0 Å². The van der Waals surface area contributed by atoms with E-state index in [9.17, 15) is 0 Å². The lowest BCUT2D eigenvalue weighted by Gasteiger charge is -2.05. The van der Waals surface area contributed by atoms with Crippen LogP contribution in [-0.4, -0.2) is 22.8 Å². The number of anilines is 1. The fourth-order valence-electron chi connectivity index (χ4n) is 1.55. The van der Waals surface area contributed by atoms with Crippen LogP contribution < -0.4 is 10.2 Å². The Kier molecular flexibility index (Phi) is 5.97. The lowest BCUT2D eigenvalue weighted by atomic mass is 10.2. The Morgan fingerprint density at radius 1 is 1.24 bits per heavy atom. The molecule has 0 saturated heterocycles. The number of nitrogens with zero attached hydrogens (tertiary/aromatic N) is 3. The van der Waals surface area contributed by atoms with Gasteiger partial charge in [0.1, 0.15) is 5.75 Å². The number of ether oxygens (including phenoxy) is 1. The van der Waals surface area contributed by atoms with E-state index >= 15 is 0 Å². The predicted molar refractivity (Wildman–Crippen MR) is 85.1 cm³/mol. The minimum Gasteiger partial charge on any atom is -0.494 e. The zero-order valence-corrected chi connectivity index (χ0v) is 12.5. The van der Waals surface area contributed by atoms with Gasteiger partial charge >= 0.3 is 0 Å². The quantitative estimate of drug-likeness (QED) is 0.481. The summed E-state index contributed by atoms with van der Waals surface area (Å²) < 4.78 is 5.60. The second-order valence-electron chi connectivity index (χ2n) is 4.34. The summed E-state index contributed by atoms with van der Waals surface area (Å²) in [7, 11) is 0. The molecule has 0 aliphatic heterocycles. The smallest absolute Gasteiger partial charge is 0.184 e. The first kappa shape index (κ1) is 15.3. The molecular formula is C15H17ClN4O. The van der Waals surface area contributed by atoms with E-state index in [-0.39, 0.29) is 5.15 Å². The Morgan fingerprint density at radius 2 is 2.00 bits per heavy atom. The van der Waals surface area contributed by atoms with Crippen LogP contribution >= 0.6 is 11.6 Å². The van der Waals surface area contributed by atoms with Crippen LogP contribution in [0.3, 0.4) is 0 Å². The fourth-order valence-corrected chi connectivity index (χ4v) is 1.70. The van der Waals surface area contributed by atoms with Gasteiger partial charge in [-0.1, -0.05) is 24.9 Å². The van der Waals surface area contributed by atoms with Crippen molar-refractivity contribution in [2.45, 2.75) is 19.8 Å². The van der Waals surface area contributed by atoms with Crippen molar-refractivity contribution in [1.29, 1.82) is 0 Å². The molecule has 0 fully saturated rings. The molecule has 0 bridgehead atoms. The van der Waals surface area contributed by atoms with Crippen molar-refractivity contribution >= 4 is 23.6 Å². The number of hydrogen-bond acceptors (Lipinski definition) is 5. The number of unbranched alkanes of at least 4 members (excludes halogenated alkanes) is 1. The topological polar surface area (TPSA) is 59.4 Å². The van der Waals surface area contributed by atoms with Gasteiger partial charge < -0.3 is 4.74 Å². The van der Waals surface area contributed by atoms with Crippen molar-refractivity contribution < 1.29 is 4.74 Å². The molecule has 5 nitrogen and oxygen atoms in total. The minimum absolute atomic E-state index is 0.286. The molecule has 1 N–H and O–H groups in total. The zero-order chi connectivity index (χ0) is 14.9. The second kappa shape index (κ2) is 8.21. The maximum absolute atomic E-state index is 5.86. The van der Waals surface area contributed by atoms with Crippen molar-refractivity contribution in [3.8, 4) is 5.75 Å². The van der Waals surface area contributed by atoms with Crippen LogP contribution in [0.5, 0.6) is 5.75 Å². The summed E-state index contributed by atoms with van der Waals surface area (Å²) in [6, 6.07) is 7.72. The molecule has 21 heavy (non-hydrogen) atoms. The second-order valence-corrected chi connectivity index (χ2v) is 4.69. The summed E-state index contributed by atoms with van der Waals surface area (Å²) in [6.07, 6.45) is 6.94. The third-order valence-electron chi connectivity index (χ3n) is 2.68. The molecule has 2 rings (SSSR count). The summed E-state index contributed by atoms with van der Waals surface area (Å²) >= 11 is 5.86. The summed E-state index contributed by atoms with van der Waals surface area (Å²) in [5, 5.41) is 4.36. The van der Waals surface area contributed by atoms with Gasteiger partial charge in [0.15, 0.2) is 11.0 Å². The molecule has 0 unspecified atom stereocenters.